The molecule has 0 spiro atoms. The lowest BCUT2D eigenvalue weighted by Gasteiger charge is -1.95. The van der Waals surface area contributed by atoms with Crippen LogP contribution < -0.4 is 0 Å². The van der Waals surface area contributed by atoms with Gasteiger partial charge >= 0.3 is 0 Å². The molecule has 3 heteroatoms. The summed E-state index contributed by atoms with van der Waals surface area (Å²) < 4.78 is 1.86. The molecule has 0 aliphatic heterocycles. The minimum Gasteiger partial charge on any atom is -0.275 e. The van der Waals surface area contributed by atoms with Gasteiger partial charge in [0.05, 0.1) is 5.69 Å². The Hall–Kier alpha value is -1.09. The molecule has 2 aromatic heterocycles. The summed E-state index contributed by atoms with van der Waals surface area (Å²) >= 11 is 1.73. The lowest BCUT2D eigenvalue weighted by Crippen LogP contribution is -1.87. The molecule has 2 rings (SSSR count). The molecule has 0 bridgehead atoms. The summed E-state index contributed by atoms with van der Waals surface area (Å²) in [5.41, 5.74) is 4.93. The molecule has 2 aromatic rings. The summed E-state index contributed by atoms with van der Waals surface area (Å²) in [4.78, 5) is 0. The number of aryl methyl sites for hydroxylation is 3. The van der Waals surface area contributed by atoms with Crippen molar-refractivity contribution in [2.24, 2.45) is 7.05 Å². The topological polar surface area (TPSA) is 17.8 Å². The molecule has 0 amide bonds. The van der Waals surface area contributed by atoms with Gasteiger partial charge in [-0.3, -0.25) is 4.68 Å². The fraction of sp³-hybridized carbons (Fsp3) is 0.300. The van der Waals surface area contributed by atoms with Gasteiger partial charge in [-0.05, 0) is 30.4 Å². The van der Waals surface area contributed by atoms with Gasteiger partial charge in [-0.1, -0.05) is 0 Å². The second-order valence-electron chi connectivity index (χ2n) is 3.30. The SMILES string of the molecule is Cc1cscc1-c1nn(C)cc1C. The third-order valence-corrected chi connectivity index (χ3v) is 2.98. The number of hydrogen-bond acceptors (Lipinski definition) is 2. The van der Waals surface area contributed by atoms with Gasteiger partial charge in [0.25, 0.3) is 0 Å². The summed E-state index contributed by atoms with van der Waals surface area (Å²) in [6.45, 7) is 4.22. The molecule has 13 heavy (non-hydrogen) atoms. The predicted molar refractivity (Wildman–Crippen MR) is 56.0 cm³/mol. The molecular formula is C10H12N2S. The summed E-state index contributed by atoms with van der Waals surface area (Å²) in [7, 11) is 1.96. The van der Waals surface area contributed by atoms with Crippen molar-refractivity contribution in [3.63, 3.8) is 0 Å². The highest BCUT2D eigenvalue weighted by molar-refractivity contribution is 7.08. The quantitative estimate of drug-likeness (QED) is 0.679. The Morgan fingerprint density at radius 3 is 2.46 bits per heavy atom. The molecule has 0 aromatic carbocycles. The maximum atomic E-state index is 4.44. The van der Waals surface area contributed by atoms with Crippen LogP contribution in [0.1, 0.15) is 11.1 Å². The zero-order valence-corrected chi connectivity index (χ0v) is 8.85. The monoisotopic (exact) mass is 192 g/mol. The zero-order chi connectivity index (χ0) is 9.42. The number of hydrogen-bond donors (Lipinski definition) is 0. The van der Waals surface area contributed by atoms with Crippen LogP contribution in [0.15, 0.2) is 17.0 Å². The highest BCUT2D eigenvalue weighted by atomic mass is 32.1. The molecule has 0 saturated heterocycles. The summed E-state index contributed by atoms with van der Waals surface area (Å²) in [6.07, 6.45) is 2.05. The van der Waals surface area contributed by atoms with Crippen molar-refractivity contribution in [2.75, 3.05) is 0 Å². The van der Waals surface area contributed by atoms with Crippen LogP contribution in [-0.2, 0) is 7.05 Å². The van der Waals surface area contributed by atoms with Crippen molar-refractivity contribution >= 4 is 11.3 Å². The van der Waals surface area contributed by atoms with Crippen molar-refractivity contribution in [1.82, 2.24) is 9.78 Å². The van der Waals surface area contributed by atoms with E-state index in [-0.39, 0.29) is 0 Å². The third kappa shape index (κ3) is 1.40. The third-order valence-electron chi connectivity index (χ3n) is 2.12. The van der Waals surface area contributed by atoms with Crippen LogP contribution in [0.5, 0.6) is 0 Å². The Morgan fingerprint density at radius 2 is 2.00 bits per heavy atom. The first-order valence-corrected chi connectivity index (χ1v) is 5.16. The van der Waals surface area contributed by atoms with E-state index in [1.54, 1.807) is 11.3 Å². The van der Waals surface area contributed by atoms with E-state index in [0.29, 0.717) is 0 Å². The van der Waals surface area contributed by atoms with E-state index in [1.165, 1.54) is 16.7 Å². The van der Waals surface area contributed by atoms with Crippen LogP contribution in [0.2, 0.25) is 0 Å². The first-order valence-electron chi connectivity index (χ1n) is 4.22. The van der Waals surface area contributed by atoms with E-state index in [1.807, 2.05) is 17.9 Å². The van der Waals surface area contributed by atoms with Gasteiger partial charge in [-0.2, -0.15) is 16.4 Å². The van der Waals surface area contributed by atoms with Gasteiger partial charge in [0.1, 0.15) is 0 Å². The van der Waals surface area contributed by atoms with E-state index >= 15 is 0 Å². The molecule has 0 aliphatic carbocycles. The summed E-state index contributed by atoms with van der Waals surface area (Å²) in [5, 5.41) is 8.75. The molecule has 0 aliphatic rings. The van der Waals surface area contributed by atoms with Crippen molar-refractivity contribution in [3.8, 4) is 11.3 Å². The second kappa shape index (κ2) is 3.00. The Balaban J connectivity index is 2.58. The van der Waals surface area contributed by atoms with Gasteiger partial charge in [-0.15, -0.1) is 0 Å². The van der Waals surface area contributed by atoms with Crippen LogP contribution in [-0.4, -0.2) is 9.78 Å². The van der Waals surface area contributed by atoms with Crippen LogP contribution >= 0.6 is 11.3 Å². The maximum Gasteiger partial charge on any atom is 0.0963 e. The summed E-state index contributed by atoms with van der Waals surface area (Å²) in [5.74, 6) is 0. The second-order valence-corrected chi connectivity index (χ2v) is 4.05. The number of rotatable bonds is 1. The van der Waals surface area contributed by atoms with E-state index < -0.39 is 0 Å². The van der Waals surface area contributed by atoms with Crippen LogP contribution in [0.3, 0.4) is 0 Å². The average molecular weight is 192 g/mol. The fourth-order valence-electron chi connectivity index (χ4n) is 1.48. The van der Waals surface area contributed by atoms with Crippen molar-refractivity contribution in [2.45, 2.75) is 13.8 Å². The molecule has 2 nitrogen and oxygen atoms in total. The normalized spacial score (nSPS) is 10.7. The van der Waals surface area contributed by atoms with Gasteiger partial charge in [0.15, 0.2) is 0 Å². The number of aromatic nitrogens is 2. The van der Waals surface area contributed by atoms with Crippen molar-refractivity contribution in [1.29, 1.82) is 0 Å². The predicted octanol–water partition coefficient (Wildman–Crippen LogP) is 2.77. The molecule has 0 fully saturated rings. The van der Waals surface area contributed by atoms with Crippen LogP contribution in [0, 0.1) is 13.8 Å². The van der Waals surface area contributed by atoms with Crippen molar-refractivity contribution in [3.05, 3.63) is 28.1 Å². The van der Waals surface area contributed by atoms with Gasteiger partial charge < -0.3 is 0 Å². The standard InChI is InChI=1S/C10H12N2S/c1-7-4-12(3)11-10(7)9-6-13-5-8(9)2/h4-6H,1-3H3. The molecule has 0 atom stereocenters. The Bertz CT molecular complexity index is 426. The minimum atomic E-state index is 1.11. The number of nitrogens with zero attached hydrogens (tertiary/aromatic N) is 2. The zero-order valence-electron chi connectivity index (χ0n) is 8.03. The number of thiophene rings is 1. The lowest BCUT2D eigenvalue weighted by atomic mass is 10.1. The highest BCUT2D eigenvalue weighted by Gasteiger charge is 2.08. The largest absolute Gasteiger partial charge is 0.275 e. The maximum absolute atomic E-state index is 4.44. The van der Waals surface area contributed by atoms with Crippen LogP contribution in [0.4, 0.5) is 0 Å². The lowest BCUT2D eigenvalue weighted by molar-refractivity contribution is 0.770. The van der Waals surface area contributed by atoms with E-state index in [0.717, 1.165) is 5.69 Å². The minimum absolute atomic E-state index is 1.11. The molecule has 0 saturated carbocycles. The van der Waals surface area contributed by atoms with Crippen LogP contribution in [0.25, 0.3) is 11.3 Å². The molecule has 0 radical (unpaired) electrons. The smallest absolute Gasteiger partial charge is 0.0963 e. The first-order chi connectivity index (χ1) is 6.18. The van der Waals surface area contributed by atoms with E-state index in [4.69, 9.17) is 0 Å². The van der Waals surface area contributed by atoms with Crippen molar-refractivity contribution < 1.29 is 0 Å². The van der Waals surface area contributed by atoms with Gasteiger partial charge in [-0.25, -0.2) is 0 Å². The molecule has 68 valence electrons. The molecule has 0 N–H and O–H groups in total. The Morgan fingerprint density at radius 1 is 1.23 bits per heavy atom. The fourth-order valence-corrected chi connectivity index (χ4v) is 2.31. The molecule has 0 unspecified atom stereocenters. The highest BCUT2D eigenvalue weighted by Crippen LogP contribution is 2.27. The molecule has 2 heterocycles. The Kier molecular flexibility index (Phi) is 1.96. The van der Waals surface area contributed by atoms with Gasteiger partial charge in [0, 0.05) is 24.2 Å². The molecular weight excluding hydrogens is 180 g/mol. The first kappa shape index (κ1) is 8.51. The van der Waals surface area contributed by atoms with Gasteiger partial charge in [0.2, 0.25) is 0 Å². The Labute approximate surface area is 81.8 Å². The average Bonchev–Trinajstić information content (AvgIpc) is 2.58. The summed E-state index contributed by atoms with van der Waals surface area (Å²) in [6, 6.07) is 0. The van der Waals surface area contributed by atoms with E-state index in [9.17, 15) is 0 Å². The van der Waals surface area contributed by atoms with E-state index in [2.05, 4.69) is 29.7 Å².